The summed E-state index contributed by atoms with van der Waals surface area (Å²) in [5.41, 5.74) is 3.83. The number of halogens is 1. The molecule has 0 saturated carbocycles. The topological polar surface area (TPSA) is 54.8 Å². The fourth-order valence-corrected chi connectivity index (χ4v) is 4.29. The van der Waals surface area contributed by atoms with Gasteiger partial charge in [0.15, 0.2) is 0 Å². The van der Waals surface area contributed by atoms with E-state index in [0.717, 1.165) is 22.2 Å². The number of hydrogen-bond donors (Lipinski definition) is 0. The van der Waals surface area contributed by atoms with Gasteiger partial charge in [-0.25, -0.2) is 9.99 Å². The third kappa shape index (κ3) is 3.61. The van der Waals surface area contributed by atoms with Gasteiger partial charge in [0.2, 0.25) is 0 Å². The Hall–Kier alpha value is -3.70. The summed E-state index contributed by atoms with van der Waals surface area (Å²) in [5, 5.41) is 7.50. The van der Waals surface area contributed by atoms with Crippen molar-refractivity contribution in [1.82, 2.24) is 9.99 Å². The van der Waals surface area contributed by atoms with Crippen LogP contribution in [0.25, 0.3) is 10.9 Å². The first-order valence-electron chi connectivity index (χ1n) is 10.3. The van der Waals surface area contributed by atoms with Gasteiger partial charge in [-0.1, -0.05) is 72.3 Å². The van der Waals surface area contributed by atoms with E-state index in [9.17, 15) is 4.79 Å². The smallest absolute Gasteiger partial charge is 0.274 e. The van der Waals surface area contributed by atoms with Crippen LogP contribution in [0.3, 0.4) is 0 Å². The third-order valence-electron chi connectivity index (χ3n) is 5.61. The van der Waals surface area contributed by atoms with E-state index >= 15 is 0 Å². The zero-order valence-electron chi connectivity index (χ0n) is 17.4. The Labute approximate surface area is 190 Å². The molecule has 0 bridgehead atoms. The number of benzene rings is 3. The SMILES string of the molecule is COc1cccc2cc(C3CC(c4ccccc4)=NN3C(=O)c3ccccc3)c(Cl)nc12. The molecule has 0 spiro atoms. The molecule has 1 amide bonds. The zero-order chi connectivity index (χ0) is 22.1. The van der Waals surface area contributed by atoms with Gasteiger partial charge in [0.1, 0.15) is 16.4 Å². The van der Waals surface area contributed by atoms with Crippen molar-refractivity contribution in [1.29, 1.82) is 0 Å². The zero-order valence-corrected chi connectivity index (χ0v) is 18.2. The molecule has 5 nitrogen and oxygen atoms in total. The largest absolute Gasteiger partial charge is 0.494 e. The lowest BCUT2D eigenvalue weighted by molar-refractivity contribution is 0.0711. The second kappa shape index (κ2) is 8.44. The van der Waals surface area contributed by atoms with E-state index < -0.39 is 0 Å². The van der Waals surface area contributed by atoms with E-state index in [1.165, 1.54) is 5.01 Å². The summed E-state index contributed by atoms with van der Waals surface area (Å²) in [6.45, 7) is 0. The number of rotatable bonds is 4. The Kier molecular flexibility index (Phi) is 5.33. The molecule has 1 unspecified atom stereocenters. The van der Waals surface area contributed by atoms with Gasteiger partial charge in [0.05, 0.1) is 18.9 Å². The highest BCUT2D eigenvalue weighted by atomic mass is 35.5. The number of hydrazone groups is 1. The summed E-state index contributed by atoms with van der Waals surface area (Å²) < 4.78 is 5.43. The van der Waals surface area contributed by atoms with Crippen molar-refractivity contribution < 1.29 is 9.53 Å². The number of amides is 1. The van der Waals surface area contributed by atoms with Crippen LogP contribution in [0.15, 0.2) is 90.0 Å². The van der Waals surface area contributed by atoms with Crippen LogP contribution in [0, 0.1) is 0 Å². The van der Waals surface area contributed by atoms with Gasteiger partial charge in [-0.15, -0.1) is 0 Å². The van der Waals surface area contributed by atoms with Crippen molar-refractivity contribution in [3.63, 3.8) is 0 Å². The van der Waals surface area contributed by atoms with Crippen LogP contribution in [0.1, 0.15) is 33.9 Å². The van der Waals surface area contributed by atoms with Crippen molar-refractivity contribution in [2.45, 2.75) is 12.5 Å². The highest BCUT2D eigenvalue weighted by Gasteiger charge is 2.35. The van der Waals surface area contributed by atoms with E-state index in [-0.39, 0.29) is 11.9 Å². The summed E-state index contributed by atoms with van der Waals surface area (Å²) in [4.78, 5) is 18.0. The summed E-state index contributed by atoms with van der Waals surface area (Å²) in [5.74, 6) is 0.476. The maximum atomic E-state index is 13.4. The van der Waals surface area contributed by atoms with Crippen molar-refractivity contribution in [2.24, 2.45) is 5.10 Å². The van der Waals surface area contributed by atoms with E-state index in [2.05, 4.69) is 4.98 Å². The molecule has 2 heterocycles. The molecule has 32 heavy (non-hydrogen) atoms. The van der Waals surface area contributed by atoms with E-state index in [1.807, 2.05) is 72.8 Å². The van der Waals surface area contributed by atoms with Crippen LogP contribution in [0.2, 0.25) is 5.15 Å². The lowest BCUT2D eigenvalue weighted by Crippen LogP contribution is -2.27. The number of fused-ring (bicyclic) bond motifs is 1. The highest BCUT2D eigenvalue weighted by molar-refractivity contribution is 6.30. The first-order chi connectivity index (χ1) is 15.7. The van der Waals surface area contributed by atoms with Crippen LogP contribution < -0.4 is 4.74 Å². The standard InChI is InChI=1S/C26H20ClN3O2/c1-32-23-14-8-13-19-15-20(25(27)28-24(19)23)22-16-21(17-9-4-2-5-10-17)29-30(22)26(31)18-11-6-3-7-12-18/h2-15,22H,16H2,1H3. The number of nitrogens with zero attached hydrogens (tertiary/aromatic N) is 3. The predicted molar refractivity (Wildman–Crippen MR) is 126 cm³/mol. The Morgan fingerprint density at radius 3 is 2.44 bits per heavy atom. The fourth-order valence-electron chi connectivity index (χ4n) is 4.02. The van der Waals surface area contributed by atoms with Gasteiger partial charge in [-0.05, 0) is 29.8 Å². The Morgan fingerprint density at radius 2 is 1.72 bits per heavy atom. The fraction of sp³-hybridized carbons (Fsp3) is 0.115. The van der Waals surface area contributed by atoms with E-state index in [4.69, 9.17) is 21.4 Å². The second-order valence-electron chi connectivity index (χ2n) is 7.55. The first kappa shape index (κ1) is 20.2. The molecule has 1 aliphatic heterocycles. The average molecular weight is 442 g/mol. The predicted octanol–water partition coefficient (Wildman–Crippen LogP) is 5.89. The number of methoxy groups -OCH3 is 1. The molecule has 158 valence electrons. The molecule has 0 aliphatic carbocycles. The monoisotopic (exact) mass is 441 g/mol. The minimum Gasteiger partial charge on any atom is -0.494 e. The lowest BCUT2D eigenvalue weighted by atomic mass is 9.98. The molecule has 0 radical (unpaired) electrons. The normalized spacial score (nSPS) is 15.6. The van der Waals surface area contributed by atoms with Gasteiger partial charge < -0.3 is 4.74 Å². The van der Waals surface area contributed by atoms with Crippen LogP contribution >= 0.6 is 11.6 Å². The Bertz CT molecular complexity index is 1320. The number of aromatic nitrogens is 1. The third-order valence-corrected chi connectivity index (χ3v) is 5.92. The van der Waals surface area contributed by atoms with Crippen molar-refractivity contribution in [3.05, 3.63) is 107 Å². The number of para-hydroxylation sites is 1. The van der Waals surface area contributed by atoms with Crippen LogP contribution in [-0.2, 0) is 0 Å². The molecule has 3 aromatic carbocycles. The maximum Gasteiger partial charge on any atom is 0.274 e. The van der Waals surface area contributed by atoms with E-state index in [1.54, 1.807) is 19.2 Å². The average Bonchev–Trinajstić information content (AvgIpc) is 3.29. The highest BCUT2D eigenvalue weighted by Crippen LogP contribution is 2.39. The molecule has 0 saturated heterocycles. The number of ether oxygens (including phenoxy) is 1. The molecule has 1 aromatic heterocycles. The van der Waals surface area contributed by atoms with Crippen LogP contribution in [0.5, 0.6) is 5.75 Å². The summed E-state index contributed by atoms with van der Waals surface area (Å²) in [6.07, 6.45) is 0.541. The molecule has 6 heteroatoms. The Morgan fingerprint density at radius 1 is 1.00 bits per heavy atom. The van der Waals surface area contributed by atoms with Gasteiger partial charge in [0.25, 0.3) is 5.91 Å². The van der Waals surface area contributed by atoms with Crippen LogP contribution in [-0.4, -0.2) is 28.7 Å². The van der Waals surface area contributed by atoms with Gasteiger partial charge in [-0.2, -0.15) is 5.10 Å². The maximum absolute atomic E-state index is 13.4. The van der Waals surface area contributed by atoms with Crippen molar-refractivity contribution >= 4 is 34.1 Å². The number of pyridine rings is 1. The molecule has 1 aliphatic rings. The first-order valence-corrected chi connectivity index (χ1v) is 10.7. The van der Waals surface area contributed by atoms with Gasteiger partial charge >= 0.3 is 0 Å². The van der Waals surface area contributed by atoms with Gasteiger partial charge in [-0.3, -0.25) is 4.79 Å². The molecular formula is C26H20ClN3O2. The Balaban J connectivity index is 1.61. The lowest BCUT2D eigenvalue weighted by Gasteiger charge is -2.23. The minimum atomic E-state index is -0.367. The summed E-state index contributed by atoms with van der Waals surface area (Å²) in [7, 11) is 1.61. The number of carbonyl (C=O) groups is 1. The van der Waals surface area contributed by atoms with Gasteiger partial charge in [0, 0.05) is 22.9 Å². The summed E-state index contributed by atoms with van der Waals surface area (Å²) in [6, 6.07) is 26.4. The molecule has 4 aromatic rings. The molecule has 0 fully saturated rings. The van der Waals surface area contributed by atoms with Crippen molar-refractivity contribution in [2.75, 3.05) is 7.11 Å². The molecular weight excluding hydrogens is 422 g/mol. The quantitative estimate of drug-likeness (QED) is 0.371. The number of carbonyl (C=O) groups excluding carboxylic acids is 1. The molecule has 5 rings (SSSR count). The second-order valence-corrected chi connectivity index (χ2v) is 7.91. The van der Waals surface area contributed by atoms with E-state index in [0.29, 0.717) is 28.4 Å². The van der Waals surface area contributed by atoms with Crippen molar-refractivity contribution in [3.8, 4) is 5.75 Å². The molecule has 1 atom stereocenters. The molecule has 0 N–H and O–H groups in total. The minimum absolute atomic E-state index is 0.177. The number of hydrogen-bond acceptors (Lipinski definition) is 4. The van der Waals surface area contributed by atoms with Crippen LogP contribution in [0.4, 0.5) is 0 Å². The summed E-state index contributed by atoms with van der Waals surface area (Å²) >= 11 is 6.67.